The highest BCUT2D eigenvalue weighted by atomic mass is 35.5. The first-order valence-corrected chi connectivity index (χ1v) is 9.00. The Hall–Kier alpha value is -2.03. The Morgan fingerprint density at radius 1 is 1.29 bits per heavy atom. The fourth-order valence-electron chi connectivity index (χ4n) is 2.20. The van der Waals surface area contributed by atoms with E-state index in [0.717, 1.165) is 9.04 Å². The predicted molar refractivity (Wildman–Crippen MR) is 94.3 cm³/mol. The van der Waals surface area contributed by atoms with Crippen LogP contribution in [0.5, 0.6) is 0 Å². The van der Waals surface area contributed by atoms with Gasteiger partial charge in [0.05, 0.1) is 26.4 Å². The van der Waals surface area contributed by atoms with Crippen molar-refractivity contribution in [2.24, 2.45) is 0 Å². The summed E-state index contributed by atoms with van der Waals surface area (Å²) < 4.78 is 15.0. The third-order valence-electron chi connectivity index (χ3n) is 3.24. The number of H-pyrrole nitrogens is 1. The van der Waals surface area contributed by atoms with E-state index in [4.69, 9.17) is 11.6 Å². The van der Waals surface area contributed by atoms with E-state index in [1.54, 1.807) is 6.20 Å². The molecule has 0 radical (unpaired) electrons. The van der Waals surface area contributed by atoms with Crippen molar-refractivity contribution in [2.75, 3.05) is 0 Å². The zero-order chi connectivity index (χ0) is 16.7. The zero-order valence-electron chi connectivity index (χ0n) is 11.9. The van der Waals surface area contributed by atoms with Crippen molar-refractivity contribution < 1.29 is 4.39 Å². The van der Waals surface area contributed by atoms with E-state index in [9.17, 15) is 9.18 Å². The number of nitrogens with zero attached hydrogens (tertiary/aromatic N) is 3. The quantitative estimate of drug-likeness (QED) is 0.545. The lowest BCUT2D eigenvalue weighted by molar-refractivity contribution is 0.629. The van der Waals surface area contributed by atoms with E-state index in [1.807, 2.05) is 6.07 Å². The van der Waals surface area contributed by atoms with Crippen LogP contribution in [-0.4, -0.2) is 19.9 Å². The van der Waals surface area contributed by atoms with Gasteiger partial charge in [-0.3, -0.25) is 4.79 Å². The van der Waals surface area contributed by atoms with Gasteiger partial charge in [-0.05, 0) is 18.2 Å². The number of pyridine rings is 1. The molecular formula is C15H8ClFN4OS2. The molecule has 0 amide bonds. The molecule has 4 aromatic rings. The van der Waals surface area contributed by atoms with Gasteiger partial charge in [-0.2, -0.15) is 0 Å². The van der Waals surface area contributed by atoms with E-state index in [0.29, 0.717) is 33.1 Å². The van der Waals surface area contributed by atoms with Gasteiger partial charge >= 0.3 is 0 Å². The minimum atomic E-state index is -0.423. The molecule has 0 aliphatic heterocycles. The van der Waals surface area contributed by atoms with Gasteiger partial charge in [-0.25, -0.2) is 19.3 Å². The van der Waals surface area contributed by atoms with Gasteiger partial charge in [-0.1, -0.05) is 23.4 Å². The summed E-state index contributed by atoms with van der Waals surface area (Å²) in [6, 6.07) is 5.73. The van der Waals surface area contributed by atoms with E-state index >= 15 is 0 Å². The molecule has 0 fully saturated rings. The molecule has 0 atom stereocenters. The fourth-order valence-corrected chi connectivity index (χ4v) is 4.35. The standard InChI is InChI=1S/C15H8ClFN4OS2/c16-7-3-11-13(18-5-7)21-15(24-11)23-6-12-19-10-4-8(17)1-2-9(10)14(22)20-12/h1-5H,6H2,(H,19,20,22). The molecule has 0 spiro atoms. The van der Waals surface area contributed by atoms with Crippen LogP contribution in [0.2, 0.25) is 5.02 Å². The normalized spacial score (nSPS) is 11.4. The maximum atomic E-state index is 13.3. The summed E-state index contributed by atoms with van der Waals surface area (Å²) >= 11 is 8.81. The first-order chi connectivity index (χ1) is 11.6. The van der Waals surface area contributed by atoms with Gasteiger partial charge in [0.2, 0.25) is 0 Å². The number of aromatic nitrogens is 4. The van der Waals surface area contributed by atoms with Crippen molar-refractivity contribution in [1.82, 2.24) is 19.9 Å². The molecule has 0 unspecified atom stereocenters. The number of halogens is 2. The molecule has 5 nitrogen and oxygen atoms in total. The van der Waals surface area contributed by atoms with E-state index in [2.05, 4.69) is 19.9 Å². The van der Waals surface area contributed by atoms with Crippen LogP contribution in [0.15, 0.2) is 39.6 Å². The predicted octanol–water partition coefficient (Wildman–Crippen LogP) is 4.01. The molecular weight excluding hydrogens is 371 g/mol. The SMILES string of the molecule is O=c1[nH]c(CSc2nc3ncc(Cl)cc3s2)nc2cc(F)ccc12. The second-order valence-corrected chi connectivity index (χ2v) is 7.61. The smallest absolute Gasteiger partial charge is 0.258 e. The second-order valence-electron chi connectivity index (χ2n) is 4.92. The van der Waals surface area contributed by atoms with Crippen LogP contribution >= 0.6 is 34.7 Å². The number of rotatable bonds is 3. The third kappa shape index (κ3) is 3.00. The lowest BCUT2D eigenvalue weighted by atomic mass is 10.2. The minimum absolute atomic E-state index is 0.284. The average Bonchev–Trinajstić information content (AvgIpc) is 2.94. The molecule has 0 saturated heterocycles. The highest BCUT2D eigenvalue weighted by molar-refractivity contribution is 8.00. The molecule has 0 saturated carbocycles. The highest BCUT2D eigenvalue weighted by Crippen LogP contribution is 2.31. The summed E-state index contributed by atoms with van der Waals surface area (Å²) in [4.78, 5) is 27.6. The molecule has 0 bridgehead atoms. The monoisotopic (exact) mass is 378 g/mol. The lowest BCUT2D eigenvalue weighted by Crippen LogP contribution is -2.11. The van der Waals surface area contributed by atoms with E-state index in [1.165, 1.54) is 41.3 Å². The Morgan fingerprint density at radius 3 is 3.04 bits per heavy atom. The van der Waals surface area contributed by atoms with Crippen LogP contribution in [0.25, 0.3) is 21.3 Å². The van der Waals surface area contributed by atoms with Crippen molar-refractivity contribution >= 4 is 55.9 Å². The molecule has 3 heterocycles. The fraction of sp³-hybridized carbons (Fsp3) is 0.0667. The number of thioether (sulfide) groups is 1. The lowest BCUT2D eigenvalue weighted by Gasteiger charge is -2.01. The maximum Gasteiger partial charge on any atom is 0.258 e. The molecule has 120 valence electrons. The van der Waals surface area contributed by atoms with Crippen molar-refractivity contribution in [2.45, 2.75) is 10.1 Å². The number of aromatic amines is 1. The van der Waals surface area contributed by atoms with Crippen LogP contribution in [0.1, 0.15) is 5.82 Å². The van der Waals surface area contributed by atoms with Crippen molar-refractivity contribution in [3.63, 3.8) is 0 Å². The van der Waals surface area contributed by atoms with Gasteiger partial charge in [0.1, 0.15) is 11.6 Å². The summed E-state index contributed by atoms with van der Waals surface area (Å²) in [7, 11) is 0. The van der Waals surface area contributed by atoms with Crippen molar-refractivity contribution in [3.8, 4) is 0 Å². The molecule has 4 rings (SSSR count). The molecule has 1 N–H and O–H groups in total. The van der Waals surface area contributed by atoms with Crippen LogP contribution in [0, 0.1) is 5.82 Å². The third-order valence-corrected chi connectivity index (χ3v) is 5.60. The van der Waals surface area contributed by atoms with Crippen molar-refractivity contribution in [3.05, 3.63) is 57.5 Å². The Kier molecular flexibility index (Phi) is 3.95. The van der Waals surface area contributed by atoms with Crippen LogP contribution < -0.4 is 5.56 Å². The average molecular weight is 379 g/mol. The molecule has 1 aromatic carbocycles. The van der Waals surface area contributed by atoms with Gasteiger partial charge < -0.3 is 4.98 Å². The van der Waals surface area contributed by atoms with Crippen LogP contribution in [0.3, 0.4) is 0 Å². The number of hydrogen-bond donors (Lipinski definition) is 1. The number of thiazole rings is 1. The van der Waals surface area contributed by atoms with Gasteiger partial charge in [-0.15, -0.1) is 11.3 Å². The minimum Gasteiger partial charge on any atom is -0.309 e. The van der Waals surface area contributed by atoms with Crippen LogP contribution in [0.4, 0.5) is 4.39 Å². The Bertz CT molecular complexity index is 1130. The van der Waals surface area contributed by atoms with Gasteiger partial charge in [0.25, 0.3) is 5.56 Å². The summed E-state index contributed by atoms with van der Waals surface area (Å²) in [5.41, 5.74) is 0.689. The molecule has 3 aromatic heterocycles. The summed E-state index contributed by atoms with van der Waals surface area (Å²) in [6.45, 7) is 0. The first-order valence-electron chi connectivity index (χ1n) is 6.82. The summed E-state index contributed by atoms with van der Waals surface area (Å²) in [6.07, 6.45) is 1.55. The first kappa shape index (κ1) is 15.5. The van der Waals surface area contributed by atoms with Gasteiger partial charge in [0, 0.05) is 12.3 Å². The molecule has 0 aliphatic carbocycles. The Balaban J connectivity index is 1.62. The van der Waals surface area contributed by atoms with Gasteiger partial charge in [0.15, 0.2) is 9.99 Å². The largest absolute Gasteiger partial charge is 0.309 e. The Labute approximate surface area is 147 Å². The van der Waals surface area contributed by atoms with Crippen molar-refractivity contribution in [1.29, 1.82) is 0 Å². The molecule has 24 heavy (non-hydrogen) atoms. The van der Waals surface area contributed by atoms with Crippen LogP contribution in [-0.2, 0) is 5.75 Å². The number of fused-ring (bicyclic) bond motifs is 2. The number of hydrogen-bond acceptors (Lipinski definition) is 6. The maximum absolute atomic E-state index is 13.3. The van der Waals surface area contributed by atoms with E-state index < -0.39 is 5.82 Å². The second kappa shape index (κ2) is 6.12. The zero-order valence-corrected chi connectivity index (χ0v) is 14.3. The number of nitrogens with one attached hydrogen (secondary N) is 1. The molecule has 9 heteroatoms. The highest BCUT2D eigenvalue weighted by Gasteiger charge is 2.09. The Morgan fingerprint density at radius 2 is 2.17 bits per heavy atom. The summed E-state index contributed by atoms with van der Waals surface area (Å²) in [5.74, 6) is 0.455. The molecule has 0 aliphatic rings. The number of benzene rings is 1. The summed E-state index contributed by atoms with van der Waals surface area (Å²) in [5, 5.41) is 0.925. The van der Waals surface area contributed by atoms with E-state index in [-0.39, 0.29) is 5.56 Å². The topological polar surface area (TPSA) is 71.5 Å².